The summed E-state index contributed by atoms with van der Waals surface area (Å²) in [6, 6.07) is 0. The van der Waals surface area contributed by atoms with Gasteiger partial charge in [0.25, 0.3) is 0 Å². The third-order valence-corrected chi connectivity index (χ3v) is 1.85. The van der Waals surface area contributed by atoms with Gasteiger partial charge in [-0.2, -0.15) is 0 Å². The Morgan fingerprint density at radius 3 is 1.45 bits per heavy atom. The summed E-state index contributed by atoms with van der Waals surface area (Å²) in [5.74, 6) is -0.599. The van der Waals surface area contributed by atoms with Crippen LogP contribution in [0.4, 0.5) is 0 Å². The topological polar surface area (TPSA) is 89.5 Å². The van der Waals surface area contributed by atoms with E-state index in [0.717, 1.165) is 12.8 Å². The van der Waals surface area contributed by atoms with E-state index in [4.69, 9.17) is 0 Å². The van der Waals surface area contributed by atoms with Gasteiger partial charge in [-0.25, -0.2) is 0 Å². The largest absolute Gasteiger partial charge is 2.00 e. The molecule has 0 aliphatic carbocycles. The third kappa shape index (κ3) is 43.2. The van der Waals surface area contributed by atoms with Crippen molar-refractivity contribution in [1.29, 1.82) is 0 Å². The first-order chi connectivity index (χ1) is 8.70. The zero-order valence-electron chi connectivity index (χ0n) is 13.6. The molecule has 2 unspecified atom stereocenters. The fourth-order valence-corrected chi connectivity index (χ4v) is 0.415. The van der Waals surface area contributed by atoms with E-state index in [2.05, 4.69) is 4.74 Å². The summed E-state index contributed by atoms with van der Waals surface area (Å²) in [4.78, 5) is 20.6. The second kappa shape index (κ2) is 20.9. The predicted molar refractivity (Wildman–Crippen MR) is 77.2 cm³/mol. The van der Waals surface area contributed by atoms with Gasteiger partial charge in [-0.1, -0.05) is 40.5 Å². The standard InChI is InChI=1S/C6H10O3.2C4H9O.Al/c1-3-9-6(8)4-5(2)7;2*1-3-4(2)5;/h3-4H2,1-2H3;2*4H,3H2,1-2H3;/q;2*-1;+2. The van der Waals surface area contributed by atoms with Crippen LogP contribution in [0.2, 0.25) is 0 Å². The number of hydrogen-bond donors (Lipinski definition) is 0. The molecule has 0 saturated carbocycles. The number of ether oxygens (including phenoxy) is 1. The number of carbonyl (C=O) groups is 2. The number of esters is 1. The van der Waals surface area contributed by atoms with Crippen molar-refractivity contribution >= 4 is 29.1 Å². The van der Waals surface area contributed by atoms with Crippen molar-refractivity contribution in [3.05, 3.63) is 0 Å². The molecule has 0 bridgehead atoms. The molecule has 0 spiro atoms. The Balaban J connectivity index is -0.000000101. The van der Waals surface area contributed by atoms with E-state index in [9.17, 15) is 19.8 Å². The van der Waals surface area contributed by atoms with Crippen LogP contribution < -0.4 is 10.2 Å². The average molecular weight is 303 g/mol. The number of carbonyl (C=O) groups excluding carboxylic acids is 2. The predicted octanol–water partition coefficient (Wildman–Crippen LogP) is 0.438. The van der Waals surface area contributed by atoms with Crippen molar-refractivity contribution in [2.45, 2.75) is 73.0 Å². The Kier molecular flexibility index (Phi) is 29.1. The molecule has 6 heteroatoms. The Morgan fingerprint density at radius 1 is 1.00 bits per heavy atom. The SMILES string of the molecule is CCC(C)[O-].CCC(C)[O-].CCOC(=O)CC(C)=O.[Al+2]. The molecule has 0 aliphatic heterocycles. The molecule has 0 N–H and O–H groups in total. The van der Waals surface area contributed by atoms with E-state index >= 15 is 0 Å². The van der Waals surface area contributed by atoms with Crippen LogP contribution in [0.3, 0.4) is 0 Å². The second-order valence-electron chi connectivity index (χ2n) is 4.12. The normalized spacial score (nSPS) is 11.4. The molecular weight excluding hydrogens is 275 g/mol. The first-order valence-corrected chi connectivity index (χ1v) is 6.67. The Labute approximate surface area is 133 Å². The average Bonchev–Trinajstić information content (AvgIpc) is 2.29. The van der Waals surface area contributed by atoms with Crippen LogP contribution >= 0.6 is 0 Å². The van der Waals surface area contributed by atoms with Gasteiger partial charge in [-0.3, -0.25) is 9.59 Å². The van der Waals surface area contributed by atoms with Crippen molar-refractivity contribution in [3.63, 3.8) is 0 Å². The van der Waals surface area contributed by atoms with E-state index in [1.807, 2.05) is 13.8 Å². The summed E-state index contributed by atoms with van der Waals surface area (Å²) in [5, 5.41) is 19.8. The summed E-state index contributed by atoms with van der Waals surface area (Å²) in [6.07, 6.45) is 0.665. The van der Waals surface area contributed by atoms with Gasteiger partial charge < -0.3 is 14.9 Å². The molecule has 0 fully saturated rings. The van der Waals surface area contributed by atoms with Gasteiger partial charge in [0.05, 0.1) is 6.61 Å². The van der Waals surface area contributed by atoms with Gasteiger partial charge in [-0.15, -0.1) is 12.2 Å². The quantitative estimate of drug-likeness (QED) is 0.417. The van der Waals surface area contributed by atoms with Crippen molar-refractivity contribution in [2.75, 3.05) is 6.61 Å². The van der Waals surface area contributed by atoms with Gasteiger partial charge in [-0.05, 0) is 13.8 Å². The molecule has 1 radical (unpaired) electrons. The zero-order chi connectivity index (χ0) is 15.8. The third-order valence-electron chi connectivity index (χ3n) is 1.85. The van der Waals surface area contributed by atoms with E-state index in [-0.39, 0.29) is 41.8 Å². The van der Waals surface area contributed by atoms with Gasteiger partial charge in [0, 0.05) is 0 Å². The maximum absolute atomic E-state index is 10.4. The minimum atomic E-state index is -0.440. The Bertz CT molecular complexity index is 210. The van der Waals surface area contributed by atoms with E-state index < -0.39 is 5.97 Å². The Morgan fingerprint density at radius 2 is 1.30 bits per heavy atom. The van der Waals surface area contributed by atoms with Crippen molar-refractivity contribution in [1.82, 2.24) is 0 Å². The van der Waals surface area contributed by atoms with E-state index in [0.29, 0.717) is 6.61 Å². The Hall–Kier alpha value is -0.408. The number of rotatable bonds is 5. The molecule has 5 nitrogen and oxygen atoms in total. The summed E-state index contributed by atoms with van der Waals surface area (Å²) < 4.78 is 4.49. The van der Waals surface area contributed by atoms with Crippen LogP contribution in [0.5, 0.6) is 0 Å². The molecule has 0 aromatic carbocycles. The minimum absolute atomic E-state index is 0. The molecule has 0 amide bonds. The number of ketones is 1. The van der Waals surface area contributed by atoms with Gasteiger partial charge in [0.15, 0.2) is 0 Å². The van der Waals surface area contributed by atoms with Crippen LogP contribution in [0.25, 0.3) is 0 Å². The molecule has 0 aromatic rings. The molecule has 20 heavy (non-hydrogen) atoms. The fourth-order valence-electron chi connectivity index (χ4n) is 0.415. The summed E-state index contributed by atoms with van der Waals surface area (Å²) in [7, 11) is 0. The molecule has 2 atom stereocenters. The van der Waals surface area contributed by atoms with Gasteiger partial charge in [0.2, 0.25) is 0 Å². The first kappa shape index (κ1) is 27.9. The van der Waals surface area contributed by atoms with Crippen LogP contribution in [0.15, 0.2) is 0 Å². The molecular formula is C14H28AlO5. The van der Waals surface area contributed by atoms with Crippen LogP contribution in [-0.4, -0.2) is 47.9 Å². The number of hydrogen-bond acceptors (Lipinski definition) is 5. The van der Waals surface area contributed by atoms with E-state index in [1.165, 1.54) is 6.92 Å². The van der Waals surface area contributed by atoms with Crippen LogP contribution in [-0.2, 0) is 14.3 Å². The van der Waals surface area contributed by atoms with Crippen molar-refractivity contribution in [3.8, 4) is 0 Å². The van der Waals surface area contributed by atoms with Crippen LogP contribution in [0.1, 0.15) is 60.8 Å². The molecule has 117 valence electrons. The molecule has 0 rings (SSSR count). The monoisotopic (exact) mass is 303 g/mol. The number of Topliss-reactive ketones (excluding diaryl/α,β-unsaturated/α-hetero) is 1. The maximum atomic E-state index is 10.4. The minimum Gasteiger partial charge on any atom is -0.852 e. The van der Waals surface area contributed by atoms with Gasteiger partial charge >= 0.3 is 23.3 Å². The maximum Gasteiger partial charge on any atom is 2.00 e. The van der Waals surface area contributed by atoms with Crippen LogP contribution in [0, 0.1) is 0 Å². The van der Waals surface area contributed by atoms with Crippen molar-refractivity contribution < 1.29 is 24.5 Å². The fraction of sp³-hybridized carbons (Fsp3) is 0.857. The van der Waals surface area contributed by atoms with E-state index in [1.54, 1.807) is 20.8 Å². The zero-order valence-corrected chi connectivity index (χ0v) is 14.8. The summed E-state index contributed by atoms with van der Waals surface area (Å²) in [5.41, 5.74) is 0. The molecule has 0 heterocycles. The summed E-state index contributed by atoms with van der Waals surface area (Å²) >= 11 is 0. The summed E-state index contributed by atoms with van der Waals surface area (Å²) in [6.45, 7) is 10.5. The first-order valence-electron chi connectivity index (χ1n) is 6.67. The molecule has 0 aromatic heterocycles. The van der Waals surface area contributed by atoms with Gasteiger partial charge in [0.1, 0.15) is 12.2 Å². The molecule has 0 saturated heterocycles. The van der Waals surface area contributed by atoms with Crippen molar-refractivity contribution in [2.24, 2.45) is 0 Å². The second-order valence-corrected chi connectivity index (χ2v) is 4.12. The molecule has 0 aliphatic rings. The smallest absolute Gasteiger partial charge is 0.852 e.